The number of hydrogen-bond acceptors (Lipinski definition) is 10. The van der Waals surface area contributed by atoms with Gasteiger partial charge in [0.1, 0.15) is 4.90 Å². The van der Waals surface area contributed by atoms with Crippen molar-refractivity contribution >= 4 is 62.9 Å². The van der Waals surface area contributed by atoms with E-state index in [9.17, 15) is 22.8 Å². The summed E-state index contributed by atoms with van der Waals surface area (Å²) >= 11 is 2.27. The maximum atomic E-state index is 12.7. The highest BCUT2D eigenvalue weighted by atomic mass is 32.2. The van der Waals surface area contributed by atoms with Crippen molar-refractivity contribution in [2.24, 2.45) is 5.90 Å². The maximum absolute atomic E-state index is 12.7. The Morgan fingerprint density at radius 2 is 1.03 bits per heavy atom. The molecule has 0 fully saturated rings. The summed E-state index contributed by atoms with van der Waals surface area (Å²) in [6.07, 6.45) is 0.889. The summed E-state index contributed by atoms with van der Waals surface area (Å²) in [7, 11) is -4.14. The molecule has 6 aromatic carbocycles. The number of benzene rings is 6. The van der Waals surface area contributed by atoms with E-state index in [0.717, 1.165) is 46.5 Å². The minimum absolute atomic E-state index is 0.0428. The highest BCUT2D eigenvalue weighted by Crippen LogP contribution is 2.28. The molecule has 3 amide bonds. The van der Waals surface area contributed by atoms with Gasteiger partial charge in [0.05, 0.1) is 34.1 Å². The van der Waals surface area contributed by atoms with Crippen LogP contribution in [0.5, 0.6) is 0 Å². The Bertz CT molecular complexity index is 2640. The molecule has 308 valence electrons. The number of carbonyl (C=O) groups excluding carboxylic acids is 3. The number of nitrogens with one attached hydrogen (secondary N) is 3. The Balaban J connectivity index is 0.000000237. The van der Waals surface area contributed by atoms with E-state index in [2.05, 4.69) is 48.4 Å². The van der Waals surface area contributed by atoms with Crippen LogP contribution >= 0.6 is 23.8 Å². The van der Waals surface area contributed by atoms with Crippen LogP contribution in [0.4, 0.5) is 11.4 Å². The number of sulfonamides is 1. The van der Waals surface area contributed by atoms with Crippen molar-refractivity contribution in [3.63, 3.8) is 0 Å². The van der Waals surface area contributed by atoms with Gasteiger partial charge in [-0.25, -0.2) is 13.1 Å². The highest BCUT2D eigenvalue weighted by molar-refractivity contribution is 8.00. The molecule has 0 unspecified atom stereocenters. The SMILES string of the molecule is CCCSCC(=O)NS(=O)(=O)c1ccccc1NC(=O)c1ccc(C#Cc2ccccc2)cc1.NOOSc1ccccc1NC(=O)c1ccc(C#Cc2ccccc2)cc1. The number of thioether (sulfide) groups is 1. The Kier molecular flexibility index (Phi) is 17.8. The first-order chi connectivity index (χ1) is 29.6. The summed E-state index contributed by atoms with van der Waals surface area (Å²) in [5.41, 5.74) is 4.95. The highest BCUT2D eigenvalue weighted by Gasteiger charge is 2.22. The predicted octanol–water partition coefficient (Wildman–Crippen LogP) is 8.45. The Morgan fingerprint density at radius 3 is 1.54 bits per heavy atom. The lowest BCUT2D eigenvalue weighted by Gasteiger charge is -2.12. The third kappa shape index (κ3) is 14.9. The molecule has 0 aliphatic rings. The van der Waals surface area contributed by atoms with Gasteiger partial charge in [-0.15, -0.1) is 9.32 Å². The zero-order valence-electron chi connectivity index (χ0n) is 32.8. The van der Waals surface area contributed by atoms with Crippen molar-refractivity contribution in [2.45, 2.75) is 23.1 Å². The second-order valence-electron chi connectivity index (χ2n) is 12.6. The van der Waals surface area contributed by atoms with Gasteiger partial charge in [-0.05, 0) is 109 Å². The lowest BCUT2D eigenvalue weighted by atomic mass is 10.1. The first-order valence-corrected chi connectivity index (χ1v) is 22.0. The van der Waals surface area contributed by atoms with Crippen LogP contribution in [0.1, 0.15) is 56.3 Å². The van der Waals surface area contributed by atoms with Crippen LogP contribution in [0.3, 0.4) is 0 Å². The van der Waals surface area contributed by atoms with E-state index in [-0.39, 0.29) is 22.2 Å². The van der Waals surface area contributed by atoms with Crippen LogP contribution < -0.4 is 21.3 Å². The van der Waals surface area contributed by atoms with Gasteiger partial charge in [-0.1, -0.05) is 91.3 Å². The second-order valence-corrected chi connectivity index (χ2v) is 16.1. The fourth-order valence-corrected chi connectivity index (χ4v) is 7.56. The molecule has 6 aromatic rings. The van der Waals surface area contributed by atoms with Gasteiger partial charge < -0.3 is 10.6 Å². The van der Waals surface area contributed by atoms with Gasteiger partial charge in [0.25, 0.3) is 21.8 Å². The fraction of sp³-hybridized carbons (Fsp3) is 0.0851. The molecule has 11 nitrogen and oxygen atoms in total. The number of amides is 3. The molecule has 0 atom stereocenters. The molecule has 0 heterocycles. The van der Waals surface area contributed by atoms with Crippen molar-refractivity contribution in [1.82, 2.24) is 4.72 Å². The molecular weight excluding hydrogens is 829 g/mol. The first-order valence-electron chi connectivity index (χ1n) is 18.6. The van der Waals surface area contributed by atoms with Gasteiger partial charge in [0.2, 0.25) is 5.91 Å². The molecule has 61 heavy (non-hydrogen) atoms. The van der Waals surface area contributed by atoms with E-state index in [1.807, 2.05) is 91.9 Å². The third-order valence-corrected chi connectivity index (χ3v) is 11.4. The summed E-state index contributed by atoms with van der Waals surface area (Å²) in [6, 6.07) is 46.2. The molecule has 0 aliphatic carbocycles. The van der Waals surface area contributed by atoms with Crippen LogP contribution in [-0.2, 0) is 24.1 Å². The largest absolute Gasteiger partial charge is 0.321 e. The van der Waals surface area contributed by atoms with Crippen molar-refractivity contribution in [3.8, 4) is 23.7 Å². The Labute approximate surface area is 364 Å². The molecule has 0 bridgehead atoms. The summed E-state index contributed by atoms with van der Waals surface area (Å²) in [4.78, 5) is 41.8. The quantitative estimate of drug-likeness (QED) is 0.0291. The average molecular weight is 869 g/mol. The third-order valence-electron chi connectivity index (χ3n) is 8.10. The lowest BCUT2D eigenvalue weighted by Crippen LogP contribution is -2.32. The lowest BCUT2D eigenvalue weighted by molar-refractivity contribution is -0.195. The molecule has 0 aliphatic heterocycles. The molecular formula is C47H40N4O7S3. The molecule has 0 aromatic heterocycles. The van der Waals surface area contributed by atoms with Crippen molar-refractivity contribution in [3.05, 3.63) is 191 Å². The van der Waals surface area contributed by atoms with E-state index in [1.165, 1.54) is 30.0 Å². The number of para-hydroxylation sites is 2. The van der Waals surface area contributed by atoms with Crippen LogP contribution in [-0.4, -0.2) is 37.6 Å². The molecule has 14 heteroatoms. The van der Waals surface area contributed by atoms with Crippen molar-refractivity contribution in [1.29, 1.82) is 0 Å². The number of carbonyl (C=O) groups is 3. The normalized spacial score (nSPS) is 10.3. The number of nitrogens with two attached hydrogens (primary N) is 1. The molecule has 6 rings (SSSR count). The predicted molar refractivity (Wildman–Crippen MR) is 242 cm³/mol. The van der Waals surface area contributed by atoms with Gasteiger partial charge in [0.15, 0.2) is 0 Å². The van der Waals surface area contributed by atoms with Gasteiger partial charge in [0, 0.05) is 33.4 Å². The van der Waals surface area contributed by atoms with Gasteiger partial charge in [-0.3, -0.25) is 14.4 Å². The van der Waals surface area contributed by atoms with E-state index in [4.69, 9.17) is 5.90 Å². The van der Waals surface area contributed by atoms with Gasteiger partial charge >= 0.3 is 0 Å². The Morgan fingerprint density at radius 1 is 0.590 bits per heavy atom. The minimum atomic E-state index is -4.14. The number of anilines is 2. The summed E-state index contributed by atoms with van der Waals surface area (Å²) in [6.45, 7) is 1.98. The molecule has 5 N–H and O–H groups in total. The topological polar surface area (TPSA) is 166 Å². The fourth-order valence-electron chi connectivity index (χ4n) is 5.18. The van der Waals surface area contributed by atoms with Crippen LogP contribution in [0.25, 0.3) is 0 Å². The zero-order chi connectivity index (χ0) is 43.3. The van der Waals surface area contributed by atoms with Crippen LogP contribution in [0, 0.1) is 23.7 Å². The monoisotopic (exact) mass is 868 g/mol. The summed E-state index contributed by atoms with van der Waals surface area (Å²) < 4.78 is 32.2. The number of hydrogen-bond donors (Lipinski definition) is 4. The standard InChI is InChI=1S/C26H24N2O4S2.C21H16N2O3S/c1-2-18-33-19-25(29)28-34(31,32)24-11-7-6-10-23(24)27-26(30)22-16-14-21(15-17-22)13-12-20-8-4-3-5-9-20;22-25-26-27-20-9-5-4-8-19(20)23-21(24)18-14-12-17(13-15-18)11-10-16-6-2-1-3-7-16/h3-11,14-17H,2,18-19H2,1H3,(H,27,30)(H,28,29);1-9,12-15H,22H2,(H,23,24). The smallest absolute Gasteiger partial charge is 0.266 e. The minimum Gasteiger partial charge on any atom is -0.321 e. The maximum Gasteiger partial charge on any atom is 0.266 e. The van der Waals surface area contributed by atoms with Crippen molar-refractivity contribution < 1.29 is 32.1 Å². The average Bonchev–Trinajstić information content (AvgIpc) is 3.28. The molecule has 0 radical (unpaired) electrons. The van der Waals surface area contributed by atoms with Gasteiger partial charge in [-0.2, -0.15) is 17.7 Å². The summed E-state index contributed by atoms with van der Waals surface area (Å²) in [5.74, 6) is 16.6. The zero-order valence-corrected chi connectivity index (χ0v) is 35.2. The molecule has 0 spiro atoms. The van der Waals surface area contributed by atoms with Crippen molar-refractivity contribution in [2.75, 3.05) is 22.1 Å². The van der Waals surface area contributed by atoms with E-state index < -0.39 is 21.8 Å². The molecule has 0 saturated heterocycles. The Hall–Kier alpha value is -6.62. The van der Waals surface area contributed by atoms with Crippen LogP contribution in [0.2, 0.25) is 0 Å². The van der Waals surface area contributed by atoms with E-state index >= 15 is 0 Å². The second kappa shape index (κ2) is 23.8. The number of rotatable bonds is 13. The van der Waals surface area contributed by atoms with Crippen LogP contribution in [0.15, 0.2) is 168 Å². The van der Waals surface area contributed by atoms with E-state index in [0.29, 0.717) is 21.7 Å². The van der Waals surface area contributed by atoms with E-state index in [1.54, 1.807) is 54.6 Å². The first kappa shape index (κ1) is 45.5. The molecule has 0 saturated carbocycles. The summed E-state index contributed by atoms with van der Waals surface area (Å²) in [5, 5.41) is 5.47.